The average Bonchev–Trinajstić information content (AvgIpc) is 2.29. The Balaban J connectivity index is 2.71. The van der Waals surface area contributed by atoms with E-state index in [0.717, 1.165) is 4.90 Å². The van der Waals surface area contributed by atoms with Gasteiger partial charge in [0.05, 0.1) is 6.54 Å². The lowest BCUT2D eigenvalue weighted by Gasteiger charge is -2.19. The monoisotopic (exact) mass is 207 g/mol. The first-order valence-corrected chi connectivity index (χ1v) is 4.36. The van der Waals surface area contributed by atoms with Crippen LogP contribution in [-0.4, -0.2) is 30.7 Å². The molecule has 0 heterocycles. The molecule has 15 heavy (non-hydrogen) atoms. The van der Waals surface area contributed by atoms with E-state index in [0.29, 0.717) is 5.69 Å². The summed E-state index contributed by atoms with van der Waals surface area (Å²) in [6.45, 7) is -0.642. The van der Waals surface area contributed by atoms with Gasteiger partial charge in [0.1, 0.15) is 6.73 Å². The Morgan fingerprint density at radius 1 is 1.40 bits per heavy atom. The smallest absolute Gasteiger partial charge is 0.324 e. The molecule has 2 amide bonds. The Labute approximate surface area is 87.3 Å². The first-order valence-electron chi connectivity index (χ1n) is 4.36. The van der Waals surface area contributed by atoms with E-state index in [1.54, 1.807) is 30.3 Å². The van der Waals surface area contributed by atoms with Crippen LogP contribution >= 0.6 is 0 Å². The third-order valence-corrected chi connectivity index (χ3v) is 1.77. The molecule has 0 aliphatic rings. The third kappa shape index (κ3) is 3.07. The molecular weight excluding hydrogens is 196 g/mol. The van der Waals surface area contributed by atoms with Gasteiger partial charge in [-0.2, -0.15) is 0 Å². The zero-order valence-corrected chi connectivity index (χ0v) is 8.01. The quantitative estimate of drug-likeness (QED) is 0.696. The molecule has 0 saturated carbocycles. The van der Waals surface area contributed by atoms with Crippen molar-refractivity contribution in [1.29, 1.82) is 0 Å². The summed E-state index contributed by atoms with van der Waals surface area (Å²) >= 11 is 0. The highest BCUT2D eigenvalue weighted by Crippen LogP contribution is 2.11. The molecule has 0 aromatic heterocycles. The minimum Gasteiger partial charge on any atom is -0.376 e. The van der Waals surface area contributed by atoms with Crippen LogP contribution in [0.1, 0.15) is 0 Å². The number of aliphatic hydroxyl groups is 1. The number of benzene rings is 1. The lowest BCUT2D eigenvalue weighted by atomic mass is 10.3. The minimum absolute atomic E-state index is 0.192. The van der Waals surface area contributed by atoms with Crippen molar-refractivity contribution < 1.29 is 14.7 Å². The van der Waals surface area contributed by atoms with Crippen molar-refractivity contribution in [2.24, 2.45) is 0 Å². The number of para-hydroxylation sites is 1. The van der Waals surface area contributed by atoms with Crippen LogP contribution in [0, 0.1) is 0 Å². The van der Waals surface area contributed by atoms with Gasteiger partial charge in [0, 0.05) is 5.69 Å². The normalized spacial score (nSPS) is 9.40. The fourth-order valence-corrected chi connectivity index (χ4v) is 1.08. The summed E-state index contributed by atoms with van der Waals surface area (Å²) in [5.74, 6) is 0. The van der Waals surface area contributed by atoms with Crippen molar-refractivity contribution in [1.82, 2.24) is 5.32 Å². The molecule has 0 aliphatic carbocycles. The average molecular weight is 207 g/mol. The van der Waals surface area contributed by atoms with Crippen LogP contribution in [0.15, 0.2) is 30.3 Å². The molecule has 5 nitrogen and oxygen atoms in total. The van der Waals surface area contributed by atoms with E-state index in [4.69, 9.17) is 5.11 Å². The van der Waals surface area contributed by atoms with Crippen LogP contribution in [0.3, 0.4) is 0 Å². The molecule has 1 aromatic rings. The zero-order valence-electron chi connectivity index (χ0n) is 8.01. The molecule has 0 fully saturated rings. The largest absolute Gasteiger partial charge is 0.376 e. The molecule has 1 radical (unpaired) electrons. The van der Waals surface area contributed by atoms with Crippen molar-refractivity contribution in [3.05, 3.63) is 30.3 Å². The number of rotatable bonds is 4. The van der Waals surface area contributed by atoms with Gasteiger partial charge >= 0.3 is 6.03 Å². The van der Waals surface area contributed by atoms with Crippen molar-refractivity contribution in [2.45, 2.75) is 0 Å². The number of carbonyl (C=O) groups is 1. The third-order valence-electron chi connectivity index (χ3n) is 1.77. The van der Waals surface area contributed by atoms with E-state index in [1.165, 1.54) is 6.29 Å². The maximum atomic E-state index is 11.4. The lowest BCUT2D eigenvalue weighted by Crippen LogP contribution is -2.41. The molecule has 79 valence electrons. The number of hydrogen-bond acceptors (Lipinski definition) is 3. The lowest BCUT2D eigenvalue weighted by molar-refractivity contribution is 0.233. The van der Waals surface area contributed by atoms with Crippen molar-refractivity contribution >= 4 is 18.0 Å². The van der Waals surface area contributed by atoms with Gasteiger partial charge in [0.25, 0.3) is 0 Å². The summed E-state index contributed by atoms with van der Waals surface area (Å²) in [6.07, 6.45) is 1.54. The molecule has 5 heteroatoms. The summed E-state index contributed by atoms with van der Waals surface area (Å²) in [4.78, 5) is 22.5. The number of nitrogens with zero attached hydrogens (tertiary/aromatic N) is 1. The van der Waals surface area contributed by atoms with Gasteiger partial charge in [0.15, 0.2) is 0 Å². The van der Waals surface area contributed by atoms with Gasteiger partial charge in [0.2, 0.25) is 6.29 Å². The fourth-order valence-electron chi connectivity index (χ4n) is 1.08. The Bertz CT molecular complexity index is 327. The van der Waals surface area contributed by atoms with Crippen LogP contribution in [0.25, 0.3) is 0 Å². The Kier molecular flexibility index (Phi) is 4.30. The first kappa shape index (κ1) is 11.2. The van der Waals surface area contributed by atoms with Crippen LogP contribution in [-0.2, 0) is 4.79 Å². The summed E-state index contributed by atoms with van der Waals surface area (Å²) in [6, 6.07) is 8.12. The van der Waals surface area contributed by atoms with E-state index in [-0.39, 0.29) is 6.54 Å². The number of urea groups is 1. The SMILES string of the molecule is O=[C]CNC(=O)N(CO)c1ccccc1. The summed E-state index contributed by atoms with van der Waals surface area (Å²) in [5, 5.41) is 11.3. The molecule has 0 unspecified atom stereocenters. The number of amides is 2. The second kappa shape index (κ2) is 5.77. The van der Waals surface area contributed by atoms with Gasteiger partial charge in [-0.1, -0.05) is 18.2 Å². The van der Waals surface area contributed by atoms with E-state index in [9.17, 15) is 9.59 Å². The van der Waals surface area contributed by atoms with Gasteiger partial charge in [-0.25, -0.2) is 4.79 Å². The van der Waals surface area contributed by atoms with Gasteiger partial charge < -0.3 is 10.4 Å². The van der Waals surface area contributed by atoms with Crippen LogP contribution in [0.4, 0.5) is 10.5 Å². The summed E-state index contributed by atoms with van der Waals surface area (Å²) in [5.41, 5.74) is 0.559. The molecule has 0 spiro atoms. The molecule has 0 atom stereocenters. The zero-order chi connectivity index (χ0) is 11.1. The van der Waals surface area contributed by atoms with Crippen molar-refractivity contribution in [3.8, 4) is 0 Å². The molecule has 0 saturated heterocycles. The Morgan fingerprint density at radius 3 is 2.60 bits per heavy atom. The Morgan fingerprint density at radius 2 is 2.07 bits per heavy atom. The Hall–Kier alpha value is -1.88. The van der Waals surface area contributed by atoms with Crippen molar-refractivity contribution in [3.63, 3.8) is 0 Å². The predicted octanol–water partition coefficient (Wildman–Crippen LogP) is 0.262. The first-order chi connectivity index (χ1) is 7.29. The van der Waals surface area contributed by atoms with E-state index in [1.807, 2.05) is 0 Å². The number of nitrogens with one attached hydrogen (secondary N) is 1. The second-order valence-electron chi connectivity index (χ2n) is 2.71. The molecular formula is C10H11N2O3. The van der Waals surface area contributed by atoms with Gasteiger partial charge in [-0.15, -0.1) is 0 Å². The molecule has 1 aromatic carbocycles. The summed E-state index contributed by atoms with van der Waals surface area (Å²) < 4.78 is 0. The molecule has 1 rings (SSSR count). The standard InChI is InChI=1S/C10H11N2O3/c13-7-6-11-10(15)12(8-14)9-4-2-1-3-5-9/h1-5,14H,6,8H2,(H,11,15). The fraction of sp³-hybridized carbons (Fsp3) is 0.200. The van der Waals surface area contributed by atoms with E-state index < -0.39 is 12.8 Å². The van der Waals surface area contributed by atoms with Crippen molar-refractivity contribution in [2.75, 3.05) is 18.2 Å². The topological polar surface area (TPSA) is 69.6 Å². The molecule has 0 bridgehead atoms. The summed E-state index contributed by atoms with van der Waals surface area (Å²) in [7, 11) is 0. The van der Waals surface area contributed by atoms with E-state index in [2.05, 4.69) is 5.32 Å². The van der Waals surface area contributed by atoms with Gasteiger partial charge in [-0.05, 0) is 12.1 Å². The van der Waals surface area contributed by atoms with Crippen LogP contribution < -0.4 is 10.2 Å². The number of aliphatic hydroxyl groups excluding tert-OH is 1. The maximum Gasteiger partial charge on any atom is 0.324 e. The van der Waals surface area contributed by atoms with E-state index >= 15 is 0 Å². The highest BCUT2D eigenvalue weighted by molar-refractivity contribution is 5.92. The van der Waals surface area contributed by atoms with Crippen LogP contribution in [0.5, 0.6) is 0 Å². The number of hydrogen-bond donors (Lipinski definition) is 2. The predicted molar refractivity (Wildman–Crippen MR) is 55.1 cm³/mol. The maximum absolute atomic E-state index is 11.4. The van der Waals surface area contributed by atoms with Crippen LogP contribution in [0.2, 0.25) is 0 Å². The number of carbonyl (C=O) groups excluding carboxylic acids is 2. The second-order valence-corrected chi connectivity index (χ2v) is 2.71. The highest BCUT2D eigenvalue weighted by Gasteiger charge is 2.12. The minimum atomic E-state index is -0.535. The highest BCUT2D eigenvalue weighted by atomic mass is 16.3. The number of anilines is 1. The molecule has 0 aliphatic heterocycles. The van der Waals surface area contributed by atoms with Gasteiger partial charge in [-0.3, -0.25) is 9.69 Å². The molecule has 2 N–H and O–H groups in total.